The Labute approximate surface area is 140 Å². The Morgan fingerprint density at radius 2 is 1.67 bits per heavy atom. The van der Waals surface area contributed by atoms with Gasteiger partial charge in [0.2, 0.25) is 0 Å². The van der Waals surface area contributed by atoms with E-state index in [-0.39, 0.29) is 4.83 Å². The number of nitrogens with one attached hydrogen (secondary N) is 1. The van der Waals surface area contributed by atoms with Crippen molar-refractivity contribution < 1.29 is 0 Å². The van der Waals surface area contributed by atoms with Gasteiger partial charge in [-0.05, 0) is 18.6 Å². The third kappa shape index (κ3) is 2.97. The van der Waals surface area contributed by atoms with Crippen molar-refractivity contribution in [2.75, 3.05) is 0 Å². The zero-order valence-electron chi connectivity index (χ0n) is 11.5. The van der Waals surface area contributed by atoms with Crippen LogP contribution in [-0.2, 0) is 0 Å². The molecular formula is C17H14Br2N2. The van der Waals surface area contributed by atoms with Crippen molar-refractivity contribution in [1.29, 1.82) is 0 Å². The van der Waals surface area contributed by atoms with Gasteiger partial charge < -0.3 is 4.98 Å². The lowest BCUT2D eigenvalue weighted by atomic mass is 10.1. The Morgan fingerprint density at radius 3 is 2.38 bits per heavy atom. The van der Waals surface area contributed by atoms with E-state index in [9.17, 15) is 0 Å². The molecule has 0 fully saturated rings. The summed E-state index contributed by atoms with van der Waals surface area (Å²) in [7, 11) is 0. The summed E-state index contributed by atoms with van der Waals surface area (Å²) in [4.78, 5) is 8.24. The lowest BCUT2D eigenvalue weighted by molar-refractivity contribution is 1.01. The van der Waals surface area contributed by atoms with E-state index in [0.717, 1.165) is 27.2 Å². The minimum Gasteiger partial charge on any atom is -0.344 e. The van der Waals surface area contributed by atoms with E-state index >= 15 is 0 Å². The molecule has 1 unspecified atom stereocenters. The van der Waals surface area contributed by atoms with Gasteiger partial charge in [0.1, 0.15) is 5.82 Å². The van der Waals surface area contributed by atoms with Crippen LogP contribution in [0.4, 0.5) is 0 Å². The highest BCUT2D eigenvalue weighted by atomic mass is 79.9. The summed E-state index contributed by atoms with van der Waals surface area (Å²) in [5.41, 5.74) is 4.34. The minimum absolute atomic E-state index is 0.0636. The van der Waals surface area contributed by atoms with Crippen LogP contribution in [-0.4, -0.2) is 9.97 Å². The van der Waals surface area contributed by atoms with Crippen LogP contribution in [0, 0.1) is 6.92 Å². The number of rotatable bonds is 3. The third-order valence-electron chi connectivity index (χ3n) is 3.36. The van der Waals surface area contributed by atoms with Crippen molar-refractivity contribution in [3.8, 4) is 11.3 Å². The van der Waals surface area contributed by atoms with Crippen molar-refractivity contribution in [2.24, 2.45) is 0 Å². The quantitative estimate of drug-likeness (QED) is 0.561. The first kappa shape index (κ1) is 14.5. The molecule has 0 spiro atoms. The second kappa shape index (κ2) is 6.16. The fraction of sp³-hybridized carbons (Fsp3) is 0.118. The summed E-state index contributed by atoms with van der Waals surface area (Å²) in [6.07, 6.45) is 0. The molecule has 21 heavy (non-hydrogen) atoms. The van der Waals surface area contributed by atoms with Crippen LogP contribution in [0.25, 0.3) is 11.3 Å². The number of halogens is 2. The SMILES string of the molecule is Cc1[nH]c(C(Br)c2ccccc2)nc1-c1ccccc1Br. The average Bonchev–Trinajstić information content (AvgIpc) is 2.90. The van der Waals surface area contributed by atoms with Crippen LogP contribution < -0.4 is 0 Å². The van der Waals surface area contributed by atoms with Gasteiger partial charge in [-0.2, -0.15) is 0 Å². The highest BCUT2D eigenvalue weighted by Crippen LogP contribution is 2.33. The Morgan fingerprint density at radius 1 is 1.00 bits per heavy atom. The number of alkyl halides is 1. The second-order valence-corrected chi connectivity index (χ2v) is 6.62. The number of aromatic amines is 1. The van der Waals surface area contributed by atoms with E-state index < -0.39 is 0 Å². The zero-order chi connectivity index (χ0) is 14.8. The number of benzene rings is 2. The van der Waals surface area contributed by atoms with Crippen molar-refractivity contribution in [2.45, 2.75) is 11.8 Å². The Kier molecular flexibility index (Phi) is 4.27. The molecule has 2 aromatic carbocycles. The topological polar surface area (TPSA) is 28.7 Å². The Hall–Kier alpha value is -1.39. The molecule has 1 atom stereocenters. The fourth-order valence-corrected chi connectivity index (χ4v) is 3.29. The first-order valence-corrected chi connectivity index (χ1v) is 8.38. The van der Waals surface area contributed by atoms with Gasteiger partial charge in [-0.15, -0.1) is 0 Å². The number of hydrogen-bond acceptors (Lipinski definition) is 1. The van der Waals surface area contributed by atoms with Crippen LogP contribution >= 0.6 is 31.9 Å². The van der Waals surface area contributed by atoms with Crippen LogP contribution in [0.1, 0.15) is 21.9 Å². The van der Waals surface area contributed by atoms with Crippen LogP contribution in [0.3, 0.4) is 0 Å². The van der Waals surface area contributed by atoms with Gasteiger partial charge in [0.25, 0.3) is 0 Å². The molecule has 2 nitrogen and oxygen atoms in total. The molecule has 1 heterocycles. The molecule has 0 saturated heterocycles. The maximum Gasteiger partial charge on any atom is 0.125 e. The van der Waals surface area contributed by atoms with Crippen molar-refractivity contribution in [3.05, 3.63) is 76.2 Å². The molecule has 0 bridgehead atoms. The summed E-state index contributed by atoms with van der Waals surface area (Å²) < 4.78 is 1.05. The number of aromatic nitrogens is 2. The van der Waals surface area contributed by atoms with Crippen LogP contribution in [0.5, 0.6) is 0 Å². The molecule has 3 aromatic rings. The number of H-pyrrole nitrogens is 1. The van der Waals surface area contributed by atoms with Crippen molar-refractivity contribution >= 4 is 31.9 Å². The van der Waals surface area contributed by atoms with E-state index in [1.807, 2.05) is 36.4 Å². The van der Waals surface area contributed by atoms with Gasteiger partial charge in [-0.3, -0.25) is 0 Å². The van der Waals surface area contributed by atoms with Crippen LogP contribution in [0.2, 0.25) is 0 Å². The van der Waals surface area contributed by atoms with Gasteiger partial charge in [-0.1, -0.05) is 80.4 Å². The minimum atomic E-state index is 0.0636. The summed E-state index contributed by atoms with van der Waals surface area (Å²) in [6, 6.07) is 18.4. The molecule has 106 valence electrons. The molecule has 4 heteroatoms. The normalized spacial score (nSPS) is 12.3. The predicted molar refractivity (Wildman–Crippen MR) is 93.7 cm³/mol. The molecule has 0 amide bonds. The largest absolute Gasteiger partial charge is 0.344 e. The molecule has 0 aliphatic rings. The van der Waals surface area contributed by atoms with Gasteiger partial charge in [-0.25, -0.2) is 4.98 Å². The molecule has 3 rings (SSSR count). The first-order chi connectivity index (χ1) is 10.2. The second-order valence-electron chi connectivity index (χ2n) is 4.85. The lowest BCUT2D eigenvalue weighted by Gasteiger charge is -2.06. The Bertz CT molecular complexity index is 750. The molecule has 0 aliphatic heterocycles. The highest BCUT2D eigenvalue weighted by molar-refractivity contribution is 9.10. The molecule has 0 aliphatic carbocycles. The van der Waals surface area contributed by atoms with Crippen molar-refractivity contribution in [3.63, 3.8) is 0 Å². The van der Waals surface area contributed by atoms with E-state index in [2.05, 4.69) is 62.0 Å². The summed E-state index contributed by atoms with van der Waals surface area (Å²) in [6.45, 7) is 2.05. The van der Waals surface area contributed by atoms with E-state index in [0.29, 0.717) is 0 Å². The summed E-state index contributed by atoms with van der Waals surface area (Å²) in [5, 5.41) is 0. The smallest absolute Gasteiger partial charge is 0.125 e. The zero-order valence-corrected chi connectivity index (χ0v) is 14.6. The summed E-state index contributed by atoms with van der Waals surface area (Å²) in [5.74, 6) is 0.921. The lowest BCUT2D eigenvalue weighted by Crippen LogP contribution is -1.94. The van der Waals surface area contributed by atoms with Crippen molar-refractivity contribution in [1.82, 2.24) is 9.97 Å². The standard InChI is InChI=1S/C17H14Br2N2/c1-11-16(13-9-5-6-10-14(13)18)21-17(20-11)15(19)12-7-3-2-4-8-12/h2-10,15H,1H3,(H,20,21). The van der Waals surface area contributed by atoms with Crippen LogP contribution in [0.15, 0.2) is 59.1 Å². The maximum atomic E-state index is 4.78. The van der Waals surface area contributed by atoms with E-state index in [1.165, 1.54) is 5.56 Å². The van der Waals surface area contributed by atoms with E-state index in [1.54, 1.807) is 0 Å². The Balaban J connectivity index is 2.01. The van der Waals surface area contributed by atoms with Gasteiger partial charge in [0.15, 0.2) is 0 Å². The average molecular weight is 406 g/mol. The predicted octanol–water partition coefficient (Wildman–Crippen LogP) is 5.63. The fourth-order valence-electron chi connectivity index (χ4n) is 2.30. The molecule has 0 radical (unpaired) electrons. The number of aryl methyl sites for hydroxylation is 1. The van der Waals surface area contributed by atoms with Gasteiger partial charge >= 0.3 is 0 Å². The van der Waals surface area contributed by atoms with E-state index in [4.69, 9.17) is 4.98 Å². The number of imidazole rings is 1. The number of nitrogens with zero attached hydrogens (tertiary/aromatic N) is 1. The summed E-state index contributed by atoms with van der Waals surface area (Å²) >= 11 is 7.32. The number of hydrogen-bond donors (Lipinski definition) is 1. The molecule has 0 saturated carbocycles. The monoisotopic (exact) mass is 404 g/mol. The van der Waals surface area contributed by atoms with Gasteiger partial charge in [0.05, 0.1) is 10.5 Å². The molecule has 1 N–H and O–H groups in total. The third-order valence-corrected chi connectivity index (χ3v) is 5.02. The highest BCUT2D eigenvalue weighted by Gasteiger charge is 2.17. The maximum absolute atomic E-state index is 4.78. The first-order valence-electron chi connectivity index (χ1n) is 6.67. The molecular weight excluding hydrogens is 392 g/mol. The molecule has 1 aromatic heterocycles. The van der Waals surface area contributed by atoms with Gasteiger partial charge in [0, 0.05) is 15.7 Å².